The first-order chi connectivity index (χ1) is 14.2. The lowest BCUT2D eigenvalue weighted by atomic mass is 10.0. The number of anilines is 1. The molecule has 1 heterocycles. The Morgan fingerprint density at radius 2 is 1.70 bits per heavy atom. The molecular weight excluding hydrogens is 398 g/mol. The van der Waals surface area contributed by atoms with Crippen molar-refractivity contribution >= 4 is 21.6 Å². The summed E-state index contributed by atoms with van der Waals surface area (Å²) in [6.45, 7) is 8.58. The number of rotatable bonds is 7. The summed E-state index contributed by atoms with van der Waals surface area (Å²) < 4.78 is 28.2. The zero-order valence-corrected chi connectivity index (χ0v) is 19.0. The molecule has 30 heavy (non-hydrogen) atoms. The Labute approximate surface area is 179 Å². The zero-order valence-electron chi connectivity index (χ0n) is 18.2. The molecule has 0 aromatic heterocycles. The van der Waals surface area contributed by atoms with Crippen LogP contribution in [0.1, 0.15) is 35.1 Å². The summed E-state index contributed by atoms with van der Waals surface area (Å²) in [6, 6.07) is 12.4. The van der Waals surface area contributed by atoms with E-state index in [-0.39, 0.29) is 23.4 Å². The Kier molecular flexibility index (Phi) is 6.83. The number of sulfonamides is 1. The number of amides is 1. The molecule has 1 unspecified atom stereocenters. The molecule has 0 bridgehead atoms. The van der Waals surface area contributed by atoms with E-state index in [1.165, 1.54) is 0 Å². The van der Waals surface area contributed by atoms with Crippen molar-refractivity contribution in [2.45, 2.75) is 51.5 Å². The van der Waals surface area contributed by atoms with Crippen LogP contribution in [0.15, 0.2) is 41.3 Å². The number of hydrogen-bond donors (Lipinski definition) is 2. The second-order valence-electron chi connectivity index (χ2n) is 8.04. The third kappa shape index (κ3) is 4.84. The number of benzene rings is 2. The predicted octanol–water partition coefficient (Wildman–Crippen LogP) is 2.98. The maximum Gasteiger partial charge on any atom is 0.241 e. The fourth-order valence-electron chi connectivity index (χ4n) is 4.12. The van der Waals surface area contributed by atoms with Gasteiger partial charge in [-0.2, -0.15) is 0 Å². The second kappa shape index (κ2) is 9.18. The van der Waals surface area contributed by atoms with E-state index < -0.39 is 10.0 Å². The van der Waals surface area contributed by atoms with Crippen molar-refractivity contribution in [2.75, 3.05) is 24.5 Å². The lowest BCUT2D eigenvalue weighted by Gasteiger charge is -2.27. The third-order valence-electron chi connectivity index (χ3n) is 5.99. The van der Waals surface area contributed by atoms with Gasteiger partial charge in [-0.05, 0) is 74.9 Å². The first-order valence-corrected chi connectivity index (χ1v) is 11.8. The van der Waals surface area contributed by atoms with E-state index in [4.69, 9.17) is 0 Å². The Morgan fingerprint density at radius 1 is 1.07 bits per heavy atom. The molecule has 3 rings (SSSR count). The van der Waals surface area contributed by atoms with E-state index in [1.807, 2.05) is 38.1 Å². The summed E-state index contributed by atoms with van der Waals surface area (Å²) in [7, 11) is -3.77. The lowest BCUT2D eigenvalue weighted by Crippen LogP contribution is -2.44. The van der Waals surface area contributed by atoms with Crippen molar-refractivity contribution in [1.29, 1.82) is 0 Å². The van der Waals surface area contributed by atoms with E-state index in [2.05, 4.69) is 27.1 Å². The predicted molar refractivity (Wildman–Crippen MR) is 120 cm³/mol. The number of carbonyl (C=O) groups is 1. The lowest BCUT2D eigenvalue weighted by molar-refractivity contribution is -0.120. The molecule has 0 saturated carbocycles. The van der Waals surface area contributed by atoms with Crippen LogP contribution in [0, 0.1) is 27.7 Å². The van der Waals surface area contributed by atoms with E-state index in [9.17, 15) is 13.2 Å². The Balaban J connectivity index is 1.60. The quantitative estimate of drug-likeness (QED) is 0.709. The number of nitrogens with zero attached hydrogens (tertiary/aromatic N) is 1. The van der Waals surface area contributed by atoms with Gasteiger partial charge in [-0.25, -0.2) is 13.1 Å². The molecule has 162 valence electrons. The molecule has 7 heteroatoms. The molecule has 0 spiro atoms. The highest BCUT2D eigenvalue weighted by atomic mass is 32.2. The van der Waals surface area contributed by atoms with Gasteiger partial charge in [-0.15, -0.1) is 0 Å². The Bertz CT molecular complexity index is 993. The highest BCUT2D eigenvalue weighted by Crippen LogP contribution is 2.26. The summed E-state index contributed by atoms with van der Waals surface area (Å²) >= 11 is 0. The summed E-state index contributed by atoms with van der Waals surface area (Å²) in [5.41, 5.74) is 4.43. The van der Waals surface area contributed by atoms with Crippen LogP contribution in [0.4, 0.5) is 5.69 Å². The number of para-hydroxylation sites is 1. The van der Waals surface area contributed by atoms with Gasteiger partial charge < -0.3 is 10.2 Å². The van der Waals surface area contributed by atoms with Crippen LogP contribution in [0.25, 0.3) is 0 Å². The SMILES string of the molecule is Cc1cc(C)c(C)c(S(=O)(=O)NCC(=O)NCC2CCCN2c2ccccc2)c1C. The van der Waals surface area contributed by atoms with Crippen LogP contribution in [0.5, 0.6) is 0 Å². The summed E-state index contributed by atoms with van der Waals surface area (Å²) in [6.07, 6.45) is 2.08. The van der Waals surface area contributed by atoms with Crippen molar-refractivity contribution in [1.82, 2.24) is 10.0 Å². The topological polar surface area (TPSA) is 78.5 Å². The average molecular weight is 430 g/mol. The molecule has 1 atom stereocenters. The largest absolute Gasteiger partial charge is 0.367 e. The van der Waals surface area contributed by atoms with Crippen LogP contribution in [0.2, 0.25) is 0 Å². The molecule has 1 fully saturated rings. The highest BCUT2D eigenvalue weighted by molar-refractivity contribution is 7.89. The molecule has 1 saturated heterocycles. The standard InChI is InChI=1S/C23H31N3O3S/c1-16-13-17(2)19(4)23(18(16)3)30(28,29)25-15-22(27)24-14-21-11-8-12-26(21)20-9-6-5-7-10-20/h5-7,9-10,13,21,25H,8,11-12,14-15H2,1-4H3,(H,24,27). The minimum Gasteiger partial charge on any atom is -0.367 e. The third-order valence-corrected chi connectivity index (χ3v) is 7.66. The van der Waals surface area contributed by atoms with Gasteiger partial charge >= 0.3 is 0 Å². The minimum absolute atomic E-state index is 0.219. The van der Waals surface area contributed by atoms with Crippen LogP contribution >= 0.6 is 0 Å². The number of nitrogens with one attached hydrogen (secondary N) is 2. The maximum absolute atomic E-state index is 12.9. The van der Waals surface area contributed by atoms with Crippen LogP contribution < -0.4 is 14.9 Å². The molecule has 6 nitrogen and oxygen atoms in total. The zero-order chi connectivity index (χ0) is 21.9. The van der Waals surface area contributed by atoms with E-state index in [0.717, 1.165) is 47.3 Å². The fourth-order valence-corrected chi connectivity index (χ4v) is 5.71. The van der Waals surface area contributed by atoms with Crippen LogP contribution in [0.3, 0.4) is 0 Å². The van der Waals surface area contributed by atoms with E-state index in [1.54, 1.807) is 13.8 Å². The van der Waals surface area contributed by atoms with Gasteiger partial charge in [0.05, 0.1) is 11.4 Å². The van der Waals surface area contributed by atoms with Crippen molar-refractivity contribution in [3.8, 4) is 0 Å². The van der Waals surface area contributed by atoms with Gasteiger partial charge in [-0.1, -0.05) is 24.3 Å². The van der Waals surface area contributed by atoms with Gasteiger partial charge in [0.2, 0.25) is 15.9 Å². The van der Waals surface area contributed by atoms with Crippen molar-refractivity contribution in [3.05, 3.63) is 58.7 Å². The van der Waals surface area contributed by atoms with Gasteiger partial charge in [0.1, 0.15) is 0 Å². The number of aryl methyl sites for hydroxylation is 2. The smallest absolute Gasteiger partial charge is 0.241 e. The van der Waals surface area contributed by atoms with Crippen molar-refractivity contribution < 1.29 is 13.2 Å². The van der Waals surface area contributed by atoms with Gasteiger partial charge in [-0.3, -0.25) is 4.79 Å². The molecular formula is C23H31N3O3S. The Morgan fingerprint density at radius 3 is 2.33 bits per heavy atom. The first kappa shape index (κ1) is 22.3. The van der Waals surface area contributed by atoms with E-state index in [0.29, 0.717) is 6.54 Å². The number of carbonyl (C=O) groups excluding carboxylic acids is 1. The first-order valence-electron chi connectivity index (χ1n) is 10.4. The van der Waals surface area contributed by atoms with Gasteiger partial charge in [0, 0.05) is 24.8 Å². The molecule has 2 aromatic carbocycles. The van der Waals surface area contributed by atoms with Crippen molar-refractivity contribution in [2.24, 2.45) is 0 Å². The molecule has 1 amide bonds. The number of hydrogen-bond acceptors (Lipinski definition) is 4. The normalized spacial score (nSPS) is 16.7. The fraction of sp³-hybridized carbons (Fsp3) is 0.435. The minimum atomic E-state index is -3.77. The second-order valence-corrected chi connectivity index (χ2v) is 9.75. The van der Waals surface area contributed by atoms with Crippen LogP contribution in [-0.4, -0.2) is 40.0 Å². The van der Waals surface area contributed by atoms with Crippen molar-refractivity contribution in [3.63, 3.8) is 0 Å². The van der Waals surface area contributed by atoms with E-state index >= 15 is 0 Å². The molecule has 1 aliphatic rings. The molecule has 2 aromatic rings. The van der Waals surface area contributed by atoms with Gasteiger partial charge in [0.15, 0.2) is 0 Å². The molecule has 0 aliphatic carbocycles. The monoisotopic (exact) mass is 429 g/mol. The van der Waals surface area contributed by atoms with Crippen LogP contribution in [-0.2, 0) is 14.8 Å². The average Bonchev–Trinajstić information content (AvgIpc) is 3.18. The summed E-state index contributed by atoms with van der Waals surface area (Å²) in [5, 5.41) is 2.89. The van der Waals surface area contributed by atoms with Gasteiger partial charge in [0.25, 0.3) is 0 Å². The Hall–Kier alpha value is -2.38. The highest BCUT2D eigenvalue weighted by Gasteiger charge is 2.26. The maximum atomic E-state index is 12.9. The summed E-state index contributed by atoms with van der Waals surface area (Å²) in [5.74, 6) is -0.321. The summed E-state index contributed by atoms with van der Waals surface area (Å²) in [4.78, 5) is 14.9. The molecule has 0 radical (unpaired) electrons. The molecule has 1 aliphatic heterocycles. The molecule has 2 N–H and O–H groups in total.